The molecule has 0 amide bonds. The molecular formula is C17H38ClNO. The monoisotopic (exact) mass is 307 g/mol. The van der Waals surface area contributed by atoms with Gasteiger partial charge in [-0.15, -0.1) is 12.4 Å². The molecule has 0 bridgehead atoms. The summed E-state index contributed by atoms with van der Waals surface area (Å²) in [6, 6.07) is 0. The second-order valence-corrected chi connectivity index (χ2v) is 6.06. The van der Waals surface area contributed by atoms with Crippen molar-refractivity contribution in [3.63, 3.8) is 0 Å². The van der Waals surface area contributed by atoms with Crippen molar-refractivity contribution in [2.75, 3.05) is 0 Å². The maximum Gasteiger partial charge on any atom is 0.0839 e. The molecule has 0 saturated carbocycles. The maximum atomic E-state index is 5.42. The molecule has 0 spiro atoms. The molecule has 1 fully saturated rings. The molecular weight excluding hydrogens is 270 g/mol. The van der Waals surface area contributed by atoms with Crippen LogP contribution in [0.2, 0.25) is 0 Å². The molecule has 1 aliphatic rings. The fraction of sp³-hybridized carbons (Fsp3) is 1.00. The average Bonchev–Trinajstić information content (AvgIpc) is 3.07. The molecule has 0 aromatic heterocycles. The van der Waals surface area contributed by atoms with Crippen molar-refractivity contribution in [1.82, 2.24) is 6.15 Å². The minimum Gasteiger partial charge on any atom is -0.370 e. The summed E-state index contributed by atoms with van der Waals surface area (Å²) in [7, 11) is 0. The lowest BCUT2D eigenvalue weighted by molar-refractivity contribution is 0.364. The first-order chi connectivity index (χ1) is 8.84. The van der Waals surface area contributed by atoms with E-state index in [0.717, 1.165) is 0 Å². The number of ether oxygens (including phenoxy) is 1. The van der Waals surface area contributed by atoms with Crippen LogP contribution in [0.3, 0.4) is 0 Å². The number of halogens is 1. The number of hydrogen-bond acceptors (Lipinski definition) is 2. The molecule has 3 heteroatoms. The second kappa shape index (κ2) is 15.6. The van der Waals surface area contributed by atoms with Gasteiger partial charge in [0.15, 0.2) is 0 Å². The highest BCUT2D eigenvalue weighted by Gasteiger charge is 2.32. The van der Waals surface area contributed by atoms with Crippen LogP contribution in [0.25, 0.3) is 0 Å². The Hall–Kier alpha value is 0.210. The Bertz CT molecular complexity index is 190. The summed E-state index contributed by atoms with van der Waals surface area (Å²) in [5.74, 6) is 0. The molecule has 0 radical (unpaired) electrons. The van der Waals surface area contributed by atoms with Gasteiger partial charge in [0.2, 0.25) is 0 Å². The summed E-state index contributed by atoms with van der Waals surface area (Å²) in [5.41, 5.74) is 0. The number of rotatable bonds is 13. The molecule has 2 atom stereocenters. The molecule has 3 N–H and O–H groups in total. The van der Waals surface area contributed by atoms with E-state index >= 15 is 0 Å². The van der Waals surface area contributed by atoms with Crippen LogP contribution in [-0.2, 0) is 4.74 Å². The van der Waals surface area contributed by atoms with Crippen LogP contribution in [0.1, 0.15) is 97.3 Å². The van der Waals surface area contributed by atoms with E-state index in [2.05, 4.69) is 13.8 Å². The van der Waals surface area contributed by atoms with Crippen LogP contribution in [0.5, 0.6) is 0 Å². The molecule has 0 aromatic rings. The van der Waals surface area contributed by atoms with Crippen LogP contribution < -0.4 is 6.15 Å². The van der Waals surface area contributed by atoms with Crippen LogP contribution in [0, 0.1) is 0 Å². The van der Waals surface area contributed by atoms with Gasteiger partial charge in [0, 0.05) is 0 Å². The van der Waals surface area contributed by atoms with Gasteiger partial charge in [-0.05, 0) is 13.3 Å². The third-order valence-electron chi connectivity index (χ3n) is 4.18. The minimum atomic E-state index is 0. The largest absolute Gasteiger partial charge is 0.370 e. The SMILES string of the molecule is CCCCCCCCCCCCCCC1OC1C.Cl.N. The lowest BCUT2D eigenvalue weighted by Gasteiger charge is -2.02. The Balaban J connectivity index is 0. The predicted molar refractivity (Wildman–Crippen MR) is 92.3 cm³/mol. The van der Waals surface area contributed by atoms with E-state index < -0.39 is 0 Å². The van der Waals surface area contributed by atoms with Crippen molar-refractivity contribution in [2.24, 2.45) is 0 Å². The Morgan fingerprint density at radius 3 is 1.40 bits per heavy atom. The third-order valence-corrected chi connectivity index (χ3v) is 4.18. The van der Waals surface area contributed by atoms with Crippen molar-refractivity contribution in [2.45, 2.75) is 110 Å². The van der Waals surface area contributed by atoms with E-state index in [9.17, 15) is 0 Å². The van der Waals surface area contributed by atoms with E-state index in [-0.39, 0.29) is 18.6 Å². The average molecular weight is 308 g/mol. The summed E-state index contributed by atoms with van der Waals surface area (Å²) < 4.78 is 5.42. The van der Waals surface area contributed by atoms with Gasteiger partial charge in [-0.2, -0.15) is 0 Å². The zero-order valence-corrected chi connectivity index (χ0v) is 14.7. The van der Waals surface area contributed by atoms with Gasteiger partial charge < -0.3 is 10.9 Å². The van der Waals surface area contributed by atoms with E-state index in [1.165, 1.54) is 83.5 Å². The molecule has 0 aliphatic carbocycles. The van der Waals surface area contributed by atoms with Crippen molar-refractivity contribution in [3.8, 4) is 0 Å². The molecule has 1 aliphatic heterocycles. The van der Waals surface area contributed by atoms with Crippen molar-refractivity contribution < 1.29 is 4.74 Å². The van der Waals surface area contributed by atoms with Crippen molar-refractivity contribution in [3.05, 3.63) is 0 Å². The minimum absolute atomic E-state index is 0. The highest BCUT2D eigenvalue weighted by molar-refractivity contribution is 5.85. The van der Waals surface area contributed by atoms with Crippen LogP contribution >= 0.6 is 12.4 Å². The van der Waals surface area contributed by atoms with E-state index in [1.54, 1.807) is 0 Å². The van der Waals surface area contributed by atoms with Crippen molar-refractivity contribution >= 4 is 12.4 Å². The Morgan fingerprint density at radius 1 is 0.700 bits per heavy atom. The second-order valence-electron chi connectivity index (χ2n) is 6.06. The molecule has 1 rings (SSSR count). The fourth-order valence-corrected chi connectivity index (χ4v) is 2.72. The summed E-state index contributed by atoms with van der Waals surface area (Å²) in [5, 5.41) is 0. The number of unbranched alkanes of at least 4 members (excludes halogenated alkanes) is 11. The lowest BCUT2D eigenvalue weighted by Crippen LogP contribution is -1.89. The van der Waals surface area contributed by atoms with Gasteiger partial charge in [-0.25, -0.2) is 0 Å². The first kappa shape index (κ1) is 22.5. The molecule has 2 nitrogen and oxygen atoms in total. The lowest BCUT2D eigenvalue weighted by atomic mass is 10.0. The maximum absolute atomic E-state index is 5.42. The first-order valence-electron chi connectivity index (χ1n) is 8.50. The predicted octanol–water partition coefficient (Wildman–Crippen LogP) is 6.45. The first-order valence-corrected chi connectivity index (χ1v) is 8.50. The molecule has 0 aromatic carbocycles. The van der Waals surface area contributed by atoms with Gasteiger partial charge >= 0.3 is 0 Å². The third kappa shape index (κ3) is 13.2. The standard InChI is InChI=1S/C17H34O.ClH.H3N/c1-3-4-5-6-7-8-9-10-11-12-13-14-15-17-16(2)18-17;;/h16-17H,3-15H2,1-2H3;1H;1H3. The molecule has 2 unspecified atom stereocenters. The van der Waals surface area contributed by atoms with Gasteiger partial charge in [0.1, 0.15) is 0 Å². The van der Waals surface area contributed by atoms with E-state index in [0.29, 0.717) is 12.2 Å². The Labute approximate surface area is 133 Å². The number of epoxide rings is 1. The summed E-state index contributed by atoms with van der Waals surface area (Å²) in [6.45, 7) is 4.47. The molecule has 1 heterocycles. The quantitative estimate of drug-likeness (QED) is 0.314. The van der Waals surface area contributed by atoms with E-state index in [1.807, 2.05) is 0 Å². The summed E-state index contributed by atoms with van der Waals surface area (Å²) >= 11 is 0. The van der Waals surface area contributed by atoms with Gasteiger partial charge in [0.05, 0.1) is 12.2 Å². The zero-order valence-electron chi connectivity index (χ0n) is 13.9. The van der Waals surface area contributed by atoms with Crippen LogP contribution in [0.15, 0.2) is 0 Å². The van der Waals surface area contributed by atoms with E-state index in [4.69, 9.17) is 4.74 Å². The summed E-state index contributed by atoms with van der Waals surface area (Å²) in [6.07, 6.45) is 19.8. The van der Waals surface area contributed by atoms with Gasteiger partial charge in [0.25, 0.3) is 0 Å². The highest BCUT2D eigenvalue weighted by Crippen LogP contribution is 2.26. The Morgan fingerprint density at radius 2 is 1.05 bits per heavy atom. The zero-order chi connectivity index (χ0) is 13.1. The number of hydrogen-bond donors (Lipinski definition) is 1. The topological polar surface area (TPSA) is 47.5 Å². The van der Waals surface area contributed by atoms with Gasteiger partial charge in [-0.1, -0.05) is 84.0 Å². The smallest absolute Gasteiger partial charge is 0.0839 e. The highest BCUT2D eigenvalue weighted by atomic mass is 35.5. The van der Waals surface area contributed by atoms with Gasteiger partial charge in [-0.3, -0.25) is 0 Å². The fourth-order valence-electron chi connectivity index (χ4n) is 2.72. The molecule has 20 heavy (non-hydrogen) atoms. The summed E-state index contributed by atoms with van der Waals surface area (Å²) in [4.78, 5) is 0. The molecule has 124 valence electrons. The van der Waals surface area contributed by atoms with Crippen LogP contribution in [0.4, 0.5) is 0 Å². The normalized spacial score (nSPS) is 20.1. The molecule has 1 saturated heterocycles. The van der Waals surface area contributed by atoms with Crippen LogP contribution in [-0.4, -0.2) is 12.2 Å². The Kier molecular flexibility index (Phi) is 17.5. The van der Waals surface area contributed by atoms with Crippen molar-refractivity contribution in [1.29, 1.82) is 0 Å².